The summed E-state index contributed by atoms with van der Waals surface area (Å²) in [5, 5.41) is 24.6. The van der Waals surface area contributed by atoms with Crippen molar-refractivity contribution in [1.29, 1.82) is 0 Å². The van der Waals surface area contributed by atoms with E-state index in [4.69, 9.17) is 16.0 Å². The van der Waals surface area contributed by atoms with Gasteiger partial charge in [-0.25, -0.2) is 4.98 Å². The lowest BCUT2D eigenvalue weighted by molar-refractivity contribution is -0.110. The van der Waals surface area contributed by atoms with Crippen LogP contribution in [-0.2, 0) is 10.2 Å². The van der Waals surface area contributed by atoms with Crippen LogP contribution in [0.15, 0.2) is 65.2 Å². The van der Waals surface area contributed by atoms with Gasteiger partial charge in [0.15, 0.2) is 11.5 Å². The average molecular weight is 459 g/mol. The number of rotatable bonds is 4. The molecule has 1 aliphatic heterocycles. The van der Waals surface area contributed by atoms with Crippen molar-refractivity contribution >= 4 is 45.6 Å². The molecule has 164 valence electrons. The molecule has 6 nitrogen and oxygen atoms in total. The fourth-order valence-corrected chi connectivity index (χ4v) is 4.73. The molecular weight excluding hydrogens is 440 g/mol. The van der Waals surface area contributed by atoms with Crippen molar-refractivity contribution in [2.75, 3.05) is 11.9 Å². The maximum absolute atomic E-state index is 12.8. The lowest BCUT2D eigenvalue weighted by Gasteiger charge is -2.14. The van der Waals surface area contributed by atoms with Crippen LogP contribution >= 0.6 is 11.6 Å². The Morgan fingerprint density at radius 3 is 2.61 bits per heavy atom. The maximum Gasteiger partial charge on any atom is 0.260 e. The minimum absolute atomic E-state index is 0.111. The summed E-state index contributed by atoms with van der Waals surface area (Å²) in [7, 11) is 0. The van der Waals surface area contributed by atoms with E-state index in [1.165, 1.54) is 0 Å². The predicted molar refractivity (Wildman–Crippen MR) is 127 cm³/mol. The quantitative estimate of drug-likeness (QED) is 0.275. The van der Waals surface area contributed by atoms with Crippen LogP contribution in [0.3, 0.4) is 0 Å². The molecule has 33 heavy (non-hydrogen) atoms. The van der Waals surface area contributed by atoms with E-state index >= 15 is 0 Å². The van der Waals surface area contributed by atoms with E-state index in [-0.39, 0.29) is 29.1 Å². The van der Waals surface area contributed by atoms with Crippen LogP contribution in [0.2, 0.25) is 5.02 Å². The van der Waals surface area contributed by atoms with Crippen molar-refractivity contribution in [3.8, 4) is 11.1 Å². The van der Waals surface area contributed by atoms with E-state index in [0.717, 1.165) is 34.9 Å². The fourth-order valence-electron chi connectivity index (χ4n) is 4.45. The van der Waals surface area contributed by atoms with Crippen molar-refractivity contribution in [3.05, 3.63) is 82.7 Å². The highest BCUT2D eigenvalue weighted by Crippen LogP contribution is 2.48. The SMILES string of the molecule is O=C1Nc2cc(Cl)c(-c3ccc(C4(CO)CC4)cc3)cc2C1=C(O)c1cc2cccnc2o1. The van der Waals surface area contributed by atoms with E-state index < -0.39 is 5.91 Å². The summed E-state index contributed by atoms with van der Waals surface area (Å²) >= 11 is 6.56. The first-order valence-electron chi connectivity index (χ1n) is 10.6. The summed E-state index contributed by atoms with van der Waals surface area (Å²) in [4.78, 5) is 16.9. The molecule has 2 aromatic heterocycles. The standard InChI is InChI=1S/C26H19ClN2O4/c27-19-12-20-18(11-17(19)14-3-5-16(6-4-14)26(13-30)7-8-26)22(24(32)29-20)23(31)21-10-15-2-1-9-28-25(15)33-21/h1-6,9-12,30-31H,7-8,13H2,(H,29,32). The van der Waals surface area contributed by atoms with E-state index in [9.17, 15) is 15.0 Å². The first-order chi connectivity index (χ1) is 16.0. The van der Waals surface area contributed by atoms with E-state index in [1.54, 1.807) is 30.5 Å². The average Bonchev–Trinajstić information content (AvgIpc) is 3.40. The summed E-state index contributed by atoms with van der Waals surface area (Å²) in [5.74, 6) is -0.522. The zero-order valence-corrected chi connectivity index (χ0v) is 18.2. The number of carbonyl (C=O) groups excluding carboxylic acids is 1. The Morgan fingerprint density at radius 2 is 1.91 bits per heavy atom. The Labute approximate surface area is 194 Å². The minimum atomic E-state index is -0.432. The molecule has 0 saturated heterocycles. The van der Waals surface area contributed by atoms with Crippen LogP contribution in [0, 0.1) is 0 Å². The van der Waals surface area contributed by atoms with Crippen molar-refractivity contribution in [2.45, 2.75) is 18.3 Å². The number of amides is 1. The number of aliphatic hydroxyl groups excluding tert-OH is 2. The number of halogens is 1. The van der Waals surface area contributed by atoms with E-state index in [2.05, 4.69) is 10.3 Å². The lowest BCUT2D eigenvalue weighted by atomic mass is 9.93. The third kappa shape index (κ3) is 3.14. The molecule has 3 heterocycles. The maximum atomic E-state index is 12.8. The van der Waals surface area contributed by atoms with Gasteiger partial charge in [-0.2, -0.15) is 0 Å². The molecule has 0 bridgehead atoms. The van der Waals surface area contributed by atoms with E-state index in [0.29, 0.717) is 22.0 Å². The second kappa shape index (κ2) is 7.20. The number of furan rings is 1. The predicted octanol–water partition coefficient (Wildman–Crippen LogP) is 5.55. The molecule has 1 saturated carbocycles. The highest BCUT2D eigenvalue weighted by atomic mass is 35.5. The molecule has 2 aliphatic rings. The highest BCUT2D eigenvalue weighted by Gasteiger charge is 2.43. The Morgan fingerprint density at radius 1 is 1.12 bits per heavy atom. The molecular formula is C26H19ClN2O4. The largest absolute Gasteiger partial charge is 0.504 e. The molecule has 1 aliphatic carbocycles. The molecule has 0 unspecified atom stereocenters. The lowest BCUT2D eigenvalue weighted by Crippen LogP contribution is -2.11. The Kier molecular flexibility index (Phi) is 4.37. The highest BCUT2D eigenvalue weighted by molar-refractivity contribution is 6.38. The Hall–Kier alpha value is -3.61. The number of pyridine rings is 1. The zero-order valence-electron chi connectivity index (χ0n) is 17.4. The fraction of sp³-hybridized carbons (Fsp3) is 0.154. The summed E-state index contributed by atoms with van der Waals surface area (Å²) in [5.41, 5.74) is 4.19. The van der Waals surface area contributed by atoms with Gasteiger partial charge in [0, 0.05) is 28.1 Å². The second-order valence-corrected chi connectivity index (χ2v) is 8.99. The number of benzene rings is 2. The molecule has 0 radical (unpaired) electrons. The number of carbonyl (C=O) groups is 1. The molecule has 0 atom stereocenters. The monoisotopic (exact) mass is 458 g/mol. The molecule has 1 amide bonds. The summed E-state index contributed by atoms with van der Waals surface area (Å²) in [6.07, 6.45) is 3.57. The first kappa shape index (κ1) is 20.0. The van der Waals surface area contributed by atoms with E-state index in [1.807, 2.05) is 30.3 Å². The molecule has 7 heteroatoms. The van der Waals surface area contributed by atoms with Crippen LogP contribution in [0.4, 0.5) is 5.69 Å². The molecule has 0 spiro atoms. The molecule has 6 rings (SSSR count). The number of fused-ring (bicyclic) bond motifs is 2. The van der Waals surface area contributed by atoms with Gasteiger partial charge in [0.05, 0.1) is 22.9 Å². The normalized spacial score (nSPS) is 17.7. The number of aliphatic hydroxyl groups is 2. The van der Waals surface area contributed by atoms with Crippen LogP contribution in [0.25, 0.3) is 33.6 Å². The molecule has 3 N–H and O–H groups in total. The van der Waals surface area contributed by atoms with Gasteiger partial charge in [-0.15, -0.1) is 0 Å². The third-order valence-corrected chi connectivity index (χ3v) is 6.89. The number of hydrogen-bond donors (Lipinski definition) is 3. The van der Waals surface area contributed by atoms with Crippen molar-refractivity contribution in [2.24, 2.45) is 0 Å². The molecule has 1 fully saturated rings. The third-order valence-electron chi connectivity index (χ3n) is 6.58. The molecule has 4 aromatic rings. The van der Waals surface area contributed by atoms with Crippen molar-refractivity contribution in [3.63, 3.8) is 0 Å². The van der Waals surface area contributed by atoms with Gasteiger partial charge in [0.25, 0.3) is 5.91 Å². The van der Waals surface area contributed by atoms with Crippen LogP contribution < -0.4 is 5.32 Å². The topological polar surface area (TPSA) is 95.6 Å². The first-order valence-corrected chi connectivity index (χ1v) is 11.0. The van der Waals surface area contributed by atoms with Gasteiger partial charge >= 0.3 is 0 Å². The number of aromatic nitrogens is 1. The van der Waals surface area contributed by atoms with Gasteiger partial charge in [-0.05, 0) is 54.3 Å². The van der Waals surface area contributed by atoms with Crippen LogP contribution in [-0.4, -0.2) is 27.7 Å². The van der Waals surface area contributed by atoms with Crippen molar-refractivity contribution in [1.82, 2.24) is 4.98 Å². The van der Waals surface area contributed by atoms with Crippen LogP contribution in [0.1, 0.15) is 29.7 Å². The van der Waals surface area contributed by atoms with Gasteiger partial charge < -0.3 is 19.9 Å². The summed E-state index contributed by atoms with van der Waals surface area (Å²) < 4.78 is 5.66. The smallest absolute Gasteiger partial charge is 0.260 e. The number of nitrogens with one attached hydrogen (secondary N) is 1. The number of nitrogens with zero attached hydrogens (tertiary/aromatic N) is 1. The Balaban J connectivity index is 1.44. The van der Waals surface area contributed by atoms with Gasteiger partial charge in [-0.1, -0.05) is 35.9 Å². The Bertz CT molecular complexity index is 1430. The second-order valence-electron chi connectivity index (χ2n) is 8.58. The van der Waals surface area contributed by atoms with Gasteiger partial charge in [0.1, 0.15) is 0 Å². The van der Waals surface area contributed by atoms with Gasteiger partial charge in [-0.3, -0.25) is 4.79 Å². The summed E-state index contributed by atoms with van der Waals surface area (Å²) in [6, 6.07) is 16.7. The van der Waals surface area contributed by atoms with Crippen molar-refractivity contribution < 1.29 is 19.4 Å². The van der Waals surface area contributed by atoms with Gasteiger partial charge in [0.2, 0.25) is 5.71 Å². The summed E-state index contributed by atoms with van der Waals surface area (Å²) in [6.45, 7) is 0.143. The molecule has 2 aromatic carbocycles. The minimum Gasteiger partial charge on any atom is -0.504 e. The van der Waals surface area contributed by atoms with Crippen LogP contribution in [0.5, 0.6) is 0 Å². The number of hydrogen-bond acceptors (Lipinski definition) is 5. The zero-order chi connectivity index (χ0) is 22.7. The number of anilines is 1.